The standard InChI is InChI=1S/C23H33N3O4/c1-17(2)30-20-7-3-6-18(14-20)22(27)16-26-23(25-15-21-9-5-13-29-21)24-11-10-19-8-4-12-28-19/h3-4,6-8,12,14,17,21-22,27H,5,9-11,13,15-16H2,1-2H3,(H2,24,25,26). The highest BCUT2D eigenvalue weighted by Gasteiger charge is 2.16. The van der Waals surface area contributed by atoms with Crippen LogP contribution < -0.4 is 15.4 Å². The van der Waals surface area contributed by atoms with Gasteiger partial charge in [-0.05, 0) is 56.5 Å². The average molecular weight is 416 g/mol. The third-order valence-electron chi connectivity index (χ3n) is 4.80. The van der Waals surface area contributed by atoms with Gasteiger partial charge in [0.2, 0.25) is 0 Å². The molecule has 0 bridgehead atoms. The molecule has 7 heteroatoms. The lowest BCUT2D eigenvalue weighted by atomic mass is 10.1. The quantitative estimate of drug-likeness (QED) is 0.408. The van der Waals surface area contributed by atoms with E-state index < -0.39 is 6.10 Å². The Morgan fingerprint density at radius 2 is 2.17 bits per heavy atom. The molecular weight excluding hydrogens is 382 g/mol. The van der Waals surface area contributed by atoms with Crippen LogP contribution in [0.5, 0.6) is 5.75 Å². The fourth-order valence-electron chi connectivity index (χ4n) is 3.30. The van der Waals surface area contributed by atoms with Crippen LogP contribution in [-0.4, -0.2) is 49.5 Å². The number of hydrogen-bond donors (Lipinski definition) is 3. The van der Waals surface area contributed by atoms with Crippen molar-refractivity contribution in [1.82, 2.24) is 10.6 Å². The Hall–Kier alpha value is -2.51. The fourth-order valence-corrected chi connectivity index (χ4v) is 3.30. The summed E-state index contributed by atoms with van der Waals surface area (Å²) in [7, 11) is 0. The Kier molecular flexibility index (Phi) is 8.59. The zero-order valence-electron chi connectivity index (χ0n) is 17.8. The SMILES string of the molecule is CC(C)Oc1cccc(C(O)CN=C(NCCc2ccco2)NCC2CCCO2)c1. The minimum absolute atomic E-state index is 0.0855. The van der Waals surface area contributed by atoms with Crippen molar-refractivity contribution in [1.29, 1.82) is 0 Å². The Morgan fingerprint density at radius 3 is 2.90 bits per heavy atom. The number of nitrogens with one attached hydrogen (secondary N) is 2. The summed E-state index contributed by atoms with van der Waals surface area (Å²) in [6, 6.07) is 11.4. The van der Waals surface area contributed by atoms with E-state index in [2.05, 4.69) is 15.6 Å². The van der Waals surface area contributed by atoms with E-state index in [1.165, 1.54) is 0 Å². The Balaban J connectivity index is 1.57. The lowest BCUT2D eigenvalue weighted by Gasteiger charge is -2.17. The van der Waals surface area contributed by atoms with Gasteiger partial charge in [-0.2, -0.15) is 0 Å². The molecule has 3 N–H and O–H groups in total. The number of hydrogen-bond acceptors (Lipinski definition) is 5. The van der Waals surface area contributed by atoms with Crippen molar-refractivity contribution < 1.29 is 19.0 Å². The maximum Gasteiger partial charge on any atom is 0.191 e. The Labute approximate surface area is 178 Å². The average Bonchev–Trinajstić information content (AvgIpc) is 3.43. The number of ether oxygens (including phenoxy) is 2. The molecule has 1 aromatic heterocycles. The van der Waals surface area contributed by atoms with Crippen LogP contribution in [0, 0.1) is 0 Å². The molecule has 7 nitrogen and oxygen atoms in total. The van der Waals surface area contributed by atoms with Crippen LogP contribution in [0.25, 0.3) is 0 Å². The molecule has 2 unspecified atom stereocenters. The molecule has 2 atom stereocenters. The van der Waals surface area contributed by atoms with E-state index >= 15 is 0 Å². The van der Waals surface area contributed by atoms with Crippen molar-refractivity contribution in [2.75, 3.05) is 26.2 Å². The number of nitrogens with zero attached hydrogens (tertiary/aromatic N) is 1. The third kappa shape index (κ3) is 7.39. The molecule has 0 radical (unpaired) electrons. The largest absolute Gasteiger partial charge is 0.491 e. The summed E-state index contributed by atoms with van der Waals surface area (Å²) in [6.07, 6.45) is 4.15. The van der Waals surface area contributed by atoms with Crippen molar-refractivity contribution in [3.8, 4) is 5.75 Å². The summed E-state index contributed by atoms with van der Waals surface area (Å²) in [6.45, 7) is 6.39. The Morgan fingerprint density at radius 1 is 1.27 bits per heavy atom. The molecule has 30 heavy (non-hydrogen) atoms. The molecule has 0 saturated carbocycles. The van der Waals surface area contributed by atoms with Crippen molar-refractivity contribution in [2.45, 2.75) is 51.4 Å². The molecule has 1 saturated heterocycles. The predicted molar refractivity (Wildman–Crippen MR) is 117 cm³/mol. The van der Waals surface area contributed by atoms with E-state index in [4.69, 9.17) is 13.9 Å². The summed E-state index contributed by atoms with van der Waals surface area (Å²) >= 11 is 0. The van der Waals surface area contributed by atoms with Gasteiger partial charge in [-0.1, -0.05) is 12.1 Å². The van der Waals surface area contributed by atoms with Gasteiger partial charge < -0.3 is 29.6 Å². The molecule has 2 heterocycles. The molecular formula is C23H33N3O4. The van der Waals surface area contributed by atoms with E-state index in [0.29, 0.717) is 19.0 Å². The Bertz CT molecular complexity index is 771. The summed E-state index contributed by atoms with van der Waals surface area (Å²) in [4.78, 5) is 4.59. The van der Waals surface area contributed by atoms with Crippen molar-refractivity contribution in [3.63, 3.8) is 0 Å². The predicted octanol–water partition coefficient (Wildman–Crippen LogP) is 3.06. The summed E-state index contributed by atoms with van der Waals surface area (Å²) in [5.74, 6) is 2.33. The maximum absolute atomic E-state index is 10.6. The van der Waals surface area contributed by atoms with Crippen LogP contribution in [0.4, 0.5) is 0 Å². The molecule has 2 aromatic rings. The first-order valence-corrected chi connectivity index (χ1v) is 10.7. The van der Waals surface area contributed by atoms with Crippen molar-refractivity contribution in [2.24, 2.45) is 4.99 Å². The van der Waals surface area contributed by atoms with E-state index in [1.807, 2.05) is 50.2 Å². The summed E-state index contributed by atoms with van der Waals surface area (Å²) in [5, 5.41) is 17.3. The van der Waals surface area contributed by atoms with Gasteiger partial charge in [0, 0.05) is 26.1 Å². The minimum atomic E-state index is -0.716. The van der Waals surface area contributed by atoms with Crippen LogP contribution in [0.1, 0.15) is 44.1 Å². The zero-order chi connectivity index (χ0) is 21.2. The highest BCUT2D eigenvalue weighted by molar-refractivity contribution is 5.79. The normalized spacial score (nSPS) is 17.9. The molecule has 1 aliphatic heterocycles. The lowest BCUT2D eigenvalue weighted by molar-refractivity contribution is 0.113. The first kappa shape index (κ1) is 22.2. The number of aliphatic hydroxyl groups excluding tert-OH is 1. The van der Waals surface area contributed by atoms with E-state index in [0.717, 1.165) is 42.9 Å². The summed E-state index contributed by atoms with van der Waals surface area (Å²) < 4.78 is 16.8. The number of aliphatic hydroxyl groups is 1. The molecule has 1 aliphatic rings. The van der Waals surface area contributed by atoms with Crippen LogP contribution in [0.2, 0.25) is 0 Å². The topological polar surface area (TPSA) is 88.3 Å². The molecule has 3 rings (SSSR count). The molecule has 0 spiro atoms. The van der Waals surface area contributed by atoms with Gasteiger partial charge >= 0.3 is 0 Å². The van der Waals surface area contributed by atoms with Gasteiger partial charge in [-0.3, -0.25) is 4.99 Å². The number of rotatable bonds is 10. The van der Waals surface area contributed by atoms with Gasteiger partial charge in [0.15, 0.2) is 5.96 Å². The number of benzene rings is 1. The van der Waals surface area contributed by atoms with Gasteiger partial charge in [0.25, 0.3) is 0 Å². The second-order valence-corrected chi connectivity index (χ2v) is 7.72. The van der Waals surface area contributed by atoms with Gasteiger partial charge in [-0.25, -0.2) is 0 Å². The highest BCUT2D eigenvalue weighted by Crippen LogP contribution is 2.20. The van der Waals surface area contributed by atoms with Crippen molar-refractivity contribution in [3.05, 3.63) is 54.0 Å². The molecule has 1 fully saturated rings. The minimum Gasteiger partial charge on any atom is -0.491 e. The van der Waals surface area contributed by atoms with Gasteiger partial charge in [0.1, 0.15) is 11.5 Å². The highest BCUT2D eigenvalue weighted by atomic mass is 16.5. The lowest BCUT2D eigenvalue weighted by Crippen LogP contribution is -2.42. The number of guanidine groups is 1. The van der Waals surface area contributed by atoms with E-state index in [-0.39, 0.29) is 18.8 Å². The van der Waals surface area contributed by atoms with Gasteiger partial charge in [-0.15, -0.1) is 0 Å². The number of aliphatic imine (C=N–C) groups is 1. The van der Waals surface area contributed by atoms with Crippen LogP contribution in [0.15, 0.2) is 52.1 Å². The van der Waals surface area contributed by atoms with Crippen LogP contribution >= 0.6 is 0 Å². The first-order valence-electron chi connectivity index (χ1n) is 10.7. The van der Waals surface area contributed by atoms with E-state index in [1.54, 1.807) is 6.26 Å². The molecule has 1 aromatic carbocycles. The number of furan rings is 1. The van der Waals surface area contributed by atoms with Gasteiger partial charge in [0.05, 0.1) is 31.1 Å². The van der Waals surface area contributed by atoms with Crippen LogP contribution in [0.3, 0.4) is 0 Å². The molecule has 164 valence electrons. The molecule has 0 amide bonds. The maximum atomic E-state index is 10.6. The smallest absolute Gasteiger partial charge is 0.191 e. The van der Waals surface area contributed by atoms with Crippen LogP contribution in [-0.2, 0) is 11.2 Å². The first-order chi connectivity index (χ1) is 14.6. The monoisotopic (exact) mass is 415 g/mol. The third-order valence-corrected chi connectivity index (χ3v) is 4.80. The molecule has 0 aliphatic carbocycles. The second-order valence-electron chi connectivity index (χ2n) is 7.72. The van der Waals surface area contributed by atoms with E-state index in [9.17, 15) is 5.11 Å². The zero-order valence-corrected chi connectivity index (χ0v) is 17.8. The summed E-state index contributed by atoms with van der Waals surface area (Å²) in [5.41, 5.74) is 0.783. The second kappa shape index (κ2) is 11.6. The fraction of sp³-hybridized carbons (Fsp3) is 0.522. The van der Waals surface area contributed by atoms with Crippen molar-refractivity contribution >= 4 is 5.96 Å².